The summed E-state index contributed by atoms with van der Waals surface area (Å²) in [7, 11) is -1.96. The third-order valence-electron chi connectivity index (χ3n) is 4.98. The average molecular weight is 468 g/mol. The van der Waals surface area contributed by atoms with E-state index in [1.165, 1.54) is 18.4 Å². The van der Waals surface area contributed by atoms with Crippen molar-refractivity contribution in [3.63, 3.8) is 0 Å². The molecule has 0 aromatic heterocycles. The molecular weight excluding hydrogens is 446 g/mol. The van der Waals surface area contributed by atoms with Gasteiger partial charge in [0.2, 0.25) is 6.10 Å². The highest BCUT2D eigenvalue weighted by Gasteiger charge is 2.29. The minimum Gasteiger partial charge on any atom is -0.497 e. The van der Waals surface area contributed by atoms with Crippen LogP contribution in [-0.2, 0) is 24.3 Å². The van der Waals surface area contributed by atoms with E-state index in [0.717, 1.165) is 0 Å². The topological polar surface area (TPSA) is 114 Å². The Morgan fingerprint density at radius 2 is 1.79 bits per heavy atom. The molecule has 2 aromatic carbocycles. The van der Waals surface area contributed by atoms with Gasteiger partial charge in [0.15, 0.2) is 0 Å². The van der Waals surface area contributed by atoms with Crippen LogP contribution in [0.5, 0.6) is 5.75 Å². The summed E-state index contributed by atoms with van der Waals surface area (Å²) in [5.41, 5.74) is 1.19. The first kappa shape index (κ1) is 22.3. The minimum absolute atomic E-state index is 0.153. The van der Waals surface area contributed by atoms with Crippen LogP contribution in [0.25, 0.3) is 0 Å². The maximum Gasteiger partial charge on any atom is 0.340 e. The van der Waals surface area contributed by atoms with Crippen LogP contribution in [0.2, 0.25) is 0 Å². The third-order valence-corrected chi connectivity index (χ3v) is 6.15. The molecule has 1 atom stereocenters. The summed E-state index contributed by atoms with van der Waals surface area (Å²) in [6.07, 6.45) is 3.12. The average Bonchev–Trinajstić information content (AvgIpc) is 2.82. The summed E-state index contributed by atoms with van der Waals surface area (Å²) in [6, 6.07) is 15.4. The Kier molecular flexibility index (Phi) is 6.27. The molecule has 4 rings (SSSR count). The fourth-order valence-electron chi connectivity index (χ4n) is 3.28. The molecule has 2 heterocycles. The zero-order valence-corrected chi connectivity index (χ0v) is 18.5. The summed E-state index contributed by atoms with van der Waals surface area (Å²) in [5, 5.41) is 2.75. The Labute approximate surface area is 191 Å². The first-order valence-electron chi connectivity index (χ1n) is 10.0. The van der Waals surface area contributed by atoms with Gasteiger partial charge >= 0.3 is 5.97 Å². The van der Waals surface area contributed by atoms with Gasteiger partial charge in [-0.1, -0.05) is 30.3 Å². The molecule has 0 radical (unpaired) electrons. The molecule has 2 aliphatic heterocycles. The van der Waals surface area contributed by atoms with E-state index in [4.69, 9.17) is 9.47 Å². The Morgan fingerprint density at radius 1 is 1.06 bits per heavy atom. The molecule has 1 unspecified atom stereocenters. The van der Waals surface area contributed by atoms with Crippen molar-refractivity contribution in [1.29, 1.82) is 0 Å². The molecule has 0 fully saturated rings. The number of esters is 1. The lowest BCUT2D eigenvalue weighted by atomic mass is 10.1. The van der Waals surface area contributed by atoms with Crippen LogP contribution in [0.1, 0.15) is 11.7 Å². The van der Waals surface area contributed by atoms with Gasteiger partial charge in [0.1, 0.15) is 11.6 Å². The van der Waals surface area contributed by atoms with Gasteiger partial charge in [0.05, 0.1) is 18.4 Å². The van der Waals surface area contributed by atoms with Crippen LogP contribution >= 0.6 is 0 Å². The lowest BCUT2D eigenvalue weighted by molar-refractivity contribution is -0.150. The van der Waals surface area contributed by atoms with E-state index in [1.807, 2.05) is 0 Å². The molecule has 10 heteroatoms. The monoisotopic (exact) mass is 467 g/mol. The number of carbonyl (C=O) groups is 2. The zero-order valence-electron chi connectivity index (χ0n) is 17.7. The van der Waals surface area contributed by atoms with Crippen molar-refractivity contribution in [2.75, 3.05) is 24.7 Å². The van der Waals surface area contributed by atoms with Gasteiger partial charge in [0.25, 0.3) is 15.9 Å². The number of hydrogen-bond donors (Lipinski definition) is 1. The normalized spacial score (nSPS) is 17.2. The number of ether oxygens (including phenoxy) is 2. The van der Waals surface area contributed by atoms with Crippen molar-refractivity contribution in [3.05, 3.63) is 84.1 Å². The number of hydrogen-bond acceptors (Lipinski definition) is 7. The quantitative estimate of drug-likeness (QED) is 0.649. The lowest BCUT2D eigenvalue weighted by Gasteiger charge is -2.27. The van der Waals surface area contributed by atoms with Crippen LogP contribution in [0, 0.1) is 0 Å². The molecule has 9 nitrogen and oxygen atoms in total. The van der Waals surface area contributed by atoms with Crippen molar-refractivity contribution in [3.8, 4) is 5.75 Å². The van der Waals surface area contributed by atoms with Crippen LogP contribution in [0.4, 0.5) is 5.69 Å². The first-order chi connectivity index (χ1) is 15.8. The molecule has 0 saturated carbocycles. The molecule has 2 aromatic rings. The van der Waals surface area contributed by atoms with E-state index < -0.39 is 28.0 Å². The third kappa shape index (κ3) is 5.29. The van der Waals surface area contributed by atoms with Crippen LogP contribution in [-0.4, -0.2) is 50.4 Å². The molecule has 1 N–H and O–H groups in total. The van der Waals surface area contributed by atoms with Gasteiger partial charge in [0, 0.05) is 24.0 Å². The summed E-state index contributed by atoms with van der Waals surface area (Å²) in [4.78, 5) is 27.5. The Hall–Kier alpha value is -3.92. The number of nitrogens with one attached hydrogen (secondary N) is 1. The van der Waals surface area contributed by atoms with Gasteiger partial charge in [-0.2, -0.15) is 0 Å². The first-order valence-corrected chi connectivity index (χ1v) is 11.7. The van der Waals surface area contributed by atoms with Gasteiger partial charge in [-0.05, 0) is 36.4 Å². The number of rotatable bonds is 6. The van der Waals surface area contributed by atoms with E-state index in [2.05, 4.69) is 9.71 Å². The number of amidine groups is 1. The second kappa shape index (κ2) is 9.29. The summed E-state index contributed by atoms with van der Waals surface area (Å²) >= 11 is 0. The van der Waals surface area contributed by atoms with E-state index >= 15 is 0 Å². The summed E-state index contributed by atoms with van der Waals surface area (Å²) < 4.78 is 37.7. The van der Waals surface area contributed by atoms with E-state index in [0.29, 0.717) is 17.0 Å². The number of fused-ring (bicyclic) bond motifs is 1. The molecule has 170 valence electrons. The van der Waals surface area contributed by atoms with E-state index in [1.54, 1.807) is 66.6 Å². The predicted octanol–water partition coefficient (Wildman–Crippen LogP) is 2.42. The van der Waals surface area contributed by atoms with Gasteiger partial charge in [-0.15, -0.1) is 4.40 Å². The molecule has 0 bridgehead atoms. The van der Waals surface area contributed by atoms with Gasteiger partial charge < -0.3 is 19.7 Å². The maximum absolute atomic E-state index is 13.0. The molecule has 0 saturated heterocycles. The highest BCUT2D eigenvalue weighted by molar-refractivity contribution is 7.90. The van der Waals surface area contributed by atoms with Gasteiger partial charge in [-0.25, -0.2) is 13.2 Å². The lowest BCUT2D eigenvalue weighted by Crippen LogP contribution is -2.37. The summed E-state index contributed by atoms with van der Waals surface area (Å²) in [5.74, 6) is -0.526. The molecule has 33 heavy (non-hydrogen) atoms. The van der Waals surface area contributed by atoms with Crippen molar-refractivity contribution < 1.29 is 27.5 Å². The highest BCUT2D eigenvalue weighted by atomic mass is 32.2. The van der Waals surface area contributed by atoms with Crippen molar-refractivity contribution in [2.24, 2.45) is 4.40 Å². The van der Waals surface area contributed by atoms with Crippen LogP contribution < -0.4 is 10.1 Å². The highest BCUT2D eigenvalue weighted by Crippen LogP contribution is 2.24. The second-order valence-corrected chi connectivity index (χ2v) is 9.02. The molecule has 1 amide bonds. The number of sulfonamides is 1. The smallest absolute Gasteiger partial charge is 0.340 e. The number of benzene rings is 2. The largest absolute Gasteiger partial charge is 0.497 e. The zero-order chi connectivity index (χ0) is 23.4. The number of amides is 1. The number of carbonyl (C=O) groups excluding carboxylic acids is 2. The molecule has 0 spiro atoms. The SMILES string of the molecule is COc1ccc(NC(=O)C(OC(=O)C2=CN3CCS(=O)(=O)N=C3C=C2)c2ccccc2)cc1. The summed E-state index contributed by atoms with van der Waals surface area (Å²) in [6.45, 7) is 0.169. The van der Waals surface area contributed by atoms with Crippen molar-refractivity contribution in [2.45, 2.75) is 6.10 Å². The number of methoxy groups -OCH3 is 1. The fourth-order valence-corrected chi connectivity index (χ4v) is 4.25. The number of anilines is 1. The van der Waals surface area contributed by atoms with Crippen LogP contribution in [0.3, 0.4) is 0 Å². The Balaban J connectivity index is 1.53. The molecule has 0 aliphatic carbocycles. The van der Waals surface area contributed by atoms with Gasteiger partial charge in [-0.3, -0.25) is 4.79 Å². The standard InChI is InChI=1S/C23H21N3O6S/c1-31-19-10-8-18(9-11-19)24-22(27)21(16-5-3-2-4-6-16)32-23(28)17-7-12-20-25-33(29,30)14-13-26(20)15-17/h2-12,15,21H,13-14H2,1H3,(H,24,27). The van der Waals surface area contributed by atoms with Crippen molar-refractivity contribution in [1.82, 2.24) is 4.90 Å². The van der Waals surface area contributed by atoms with Crippen molar-refractivity contribution >= 4 is 33.4 Å². The Morgan fingerprint density at radius 3 is 2.48 bits per heavy atom. The molecule has 2 aliphatic rings. The second-order valence-electron chi connectivity index (χ2n) is 7.26. The Bertz CT molecular complexity index is 1250. The van der Waals surface area contributed by atoms with E-state index in [-0.39, 0.29) is 23.7 Å². The maximum atomic E-state index is 13.0. The number of nitrogens with zero attached hydrogens (tertiary/aromatic N) is 2. The predicted molar refractivity (Wildman–Crippen MR) is 122 cm³/mol. The minimum atomic E-state index is -3.50. The van der Waals surface area contributed by atoms with Crippen LogP contribution in [0.15, 0.2) is 82.9 Å². The van der Waals surface area contributed by atoms with E-state index in [9.17, 15) is 18.0 Å². The molecular formula is C23H21N3O6S. The fraction of sp³-hybridized carbons (Fsp3) is 0.174.